The molecule has 2 aromatic rings. The van der Waals surface area contributed by atoms with Gasteiger partial charge in [0.25, 0.3) is 22.7 Å². The first-order valence-electron chi connectivity index (χ1n) is 17.0. The minimum Gasteiger partial charge on any atom is -0.318 e. The molecule has 0 saturated carbocycles. The van der Waals surface area contributed by atoms with Crippen molar-refractivity contribution in [2.75, 3.05) is 65.4 Å². The number of unbranched alkanes of at least 4 members (excludes halogenated alkanes) is 7. The molecule has 2 aromatic carbocycles. The topological polar surface area (TPSA) is 197 Å². The second-order valence-electron chi connectivity index (χ2n) is 13.4. The van der Waals surface area contributed by atoms with Crippen LogP contribution in [-0.2, 0) is 13.1 Å². The molecule has 16 heteroatoms. The van der Waals surface area contributed by atoms with Crippen molar-refractivity contribution in [2.45, 2.75) is 64.5 Å². The monoisotopic (exact) mass is 672 g/mol. The third-order valence-corrected chi connectivity index (χ3v) is 9.87. The van der Waals surface area contributed by atoms with Crippen molar-refractivity contribution in [1.29, 1.82) is 0 Å². The van der Waals surface area contributed by atoms with E-state index in [-0.39, 0.29) is 22.7 Å². The first-order valence-corrected chi connectivity index (χ1v) is 17.0. The molecule has 2 aliphatic heterocycles. The summed E-state index contributed by atoms with van der Waals surface area (Å²) in [5.41, 5.74) is 0.289. The molecule has 0 unspecified atom stereocenters. The first kappa shape index (κ1) is 36.7. The average Bonchev–Trinajstić information content (AvgIpc) is 3.06. The Hall–Kier alpha value is -4.12. The highest BCUT2D eigenvalue weighted by Gasteiger charge is 2.32. The van der Waals surface area contributed by atoms with E-state index in [2.05, 4.69) is 10.6 Å². The Morgan fingerprint density at radius 1 is 0.458 bits per heavy atom. The van der Waals surface area contributed by atoms with Gasteiger partial charge in [0.05, 0.1) is 71.1 Å². The Morgan fingerprint density at radius 3 is 1.00 bits per heavy atom. The third-order valence-electron chi connectivity index (χ3n) is 9.87. The van der Waals surface area contributed by atoms with E-state index < -0.39 is 19.7 Å². The van der Waals surface area contributed by atoms with Crippen LogP contribution in [-0.4, -0.2) is 94.1 Å². The zero-order valence-electron chi connectivity index (χ0n) is 27.6. The molecule has 262 valence electrons. The van der Waals surface area contributed by atoms with E-state index in [1.807, 2.05) is 0 Å². The van der Waals surface area contributed by atoms with Crippen LogP contribution in [0.4, 0.5) is 22.7 Å². The highest BCUT2D eigenvalue weighted by molar-refractivity contribution is 5.47. The van der Waals surface area contributed by atoms with Crippen LogP contribution >= 0.6 is 0 Å². The van der Waals surface area contributed by atoms with Crippen LogP contribution in [0.25, 0.3) is 0 Å². The lowest BCUT2D eigenvalue weighted by Gasteiger charge is -2.42. The van der Waals surface area contributed by atoms with Gasteiger partial charge >= 0.3 is 0 Å². The molecule has 0 radical (unpaired) electrons. The summed E-state index contributed by atoms with van der Waals surface area (Å²) in [5.74, 6) is 0. The normalized spacial score (nSPS) is 17.1. The molecule has 0 bridgehead atoms. The molecule has 0 amide bonds. The van der Waals surface area contributed by atoms with Gasteiger partial charge < -0.3 is 19.6 Å². The van der Waals surface area contributed by atoms with Crippen molar-refractivity contribution in [3.63, 3.8) is 0 Å². The minimum absolute atomic E-state index is 0.244. The number of hydrogen-bond acceptors (Lipinski definition) is 10. The molecule has 0 aliphatic carbocycles. The summed E-state index contributed by atoms with van der Waals surface area (Å²) in [7, 11) is 0. The van der Waals surface area contributed by atoms with Crippen molar-refractivity contribution < 1.29 is 28.7 Å². The Balaban J connectivity index is 1.20. The number of piperazine rings is 2. The maximum atomic E-state index is 11.4. The number of hydrogen-bond donors (Lipinski definition) is 2. The third kappa shape index (κ3) is 10.7. The first-order chi connectivity index (χ1) is 23.0. The summed E-state index contributed by atoms with van der Waals surface area (Å²) in [4.78, 5) is 43.3. The van der Waals surface area contributed by atoms with E-state index in [1.54, 1.807) is 0 Å². The summed E-state index contributed by atoms with van der Waals surface area (Å²) in [5, 5.41) is 52.3. The largest absolute Gasteiger partial charge is 0.318 e. The van der Waals surface area contributed by atoms with Crippen LogP contribution < -0.4 is 10.6 Å². The fraction of sp³-hybridized carbons (Fsp3) is 0.625. The molecule has 2 N–H and O–H groups in total. The molecular weight excluding hydrogens is 624 g/mol. The second kappa shape index (κ2) is 17.3. The van der Waals surface area contributed by atoms with Crippen LogP contribution in [0.3, 0.4) is 0 Å². The number of quaternary nitrogens is 2. The Morgan fingerprint density at radius 2 is 0.729 bits per heavy atom. The van der Waals surface area contributed by atoms with Gasteiger partial charge in [-0.25, -0.2) is 0 Å². The Labute approximate surface area is 279 Å². The molecular formula is C32H48N8O8+2. The van der Waals surface area contributed by atoms with Crippen LogP contribution in [0.1, 0.15) is 62.5 Å². The fourth-order valence-electron chi connectivity index (χ4n) is 7.31. The smallest absolute Gasteiger partial charge is 0.276 e. The SMILES string of the molecule is O=[N+]([O-])c1cc(C[N+]2(CCCCCCCCCC[N+]3(Cc4cc([N+](=O)[O-])cc([N+](=O)[O-])c4)CCNCC3)CCNCC2)cc([N+](=O)[O-])c1. The standard InChI is InChI=1S/C32H48N8O8/c41-35(42)29-19-27(20-30(23-29)36(43)44)25-39(15-9-33-10-16-39)13-7-5-3-1-2-4-6-8-14-40(17-11-34-12-18-40)26-28-21-31(37(45)46)24-32(22-28)38(47)48/h19-24,33-34H,1-18,25-26H2/q+2. The van der Waals surface area contributed by atoms with Crippen LogP contribution in [0.2, 0.25) is 0 Å². The number of benzene rings is 2. The van der Waals surface area contributed by atoms with Gasteiger partial charge in [-0.2, -0.15) is 0 Å². The highest BCUT2D eigenvalue weighted by atomic mass is 16.6. The fourth-order valence-corrected chi connectivity index (χ4v) is 7.31. The van der Waals surface area contributed by atoms with Crippen molar-refractivity contribution in [2.24, 2.45) is 0 Å². The van der Waals surface area contributed by atoms with E-state index in [0.29, 0.717) is 24.2 Å². The molecule has 2 fully saturated rings. The highest BCUT2D eigenvalue weighted by Crippen LogP contribution is 2.28. The molecule has 0 atom stereocenters. The maximum Gasteiger partial charge on any atom is 0.276 e. The van der Waals surface area contributed by atoms with Gasteiger partial charge in [0, 0.05) is 61.6 Å². The summed E-state index contributed by atoms with van der Waals surface area (Å²) in [6, 6.07) is 7.93. The minimum atomic E-state index is -0.570. The molecule has 2 saturated heterocycles. The van der Waals surface area contributed by atoms with E-state index >= 15 is 0 Å². The number of nitrogens with one attached hydrogen (secondary N) is 2. The van der Waals surface area contributed by atoms with Gasteiger partial charge in [-0.1, -0.05) is 25.7 Å². The van der Waals surface area contributed by atoms with Crippen molar-refractivity contribution in [3.8, 4) is 0 Å². The number of nitro benzene ring substituents is 4. The molecule has 2 aliphatic rings. The predicted octanol–water partition coefficient (Wildman–Crippen LogP) is 4.98. The predicted molar refractivity (Wildman–Crippen MR) is 179 cm³/mol. The van der Waals surface area contributed by atoms with E-state index in [0.717, 1.165) is 138 Å². The number of rotatable bonds is 19. The summed E-state index contributed by atoms with van der Waals surface area (Å²) in [6.07, 6.45) is 8.76. The lowest BCUT2D eigenvalue weighted by atomic mass is 10.0. The number of non-ortho nitro benzene ring substituents is 4. The molecule has 0 aromatic heterocycles. The van der Waals surface area contributed by atoms with Crippen LogP contribution in [0.15, 0.2) is 36.4 Å². The Bertz CT molecular complexity index is 1270. The van der Waals surface area contributed by atoms with Gasteiger partial charge in [0.1, 0.15) is 13.1 Å². The second-order valence-corrected chi connectivity index (χ2v) is 13.4. The zero-order valence-corrected chi connectivity index (χ0v) is 27.6. The molecule has 16 nitrogen and oxygen atoms in total. The molecule has 48 heavy (non-hydrogen) atoms. The van der Waals surface area contributed by atoms with E-state index in [9.17, 15) is 40.5 Å². The number of nitro groups is 4. The van der Waals surface area contributed by atoms with Crippen molar-refractivity contribution >= 4 is 22.7 Å². The van der Waals surface area contributed by atoms with Gasteiger partial charge in [-0.05, 0) is 25.7 Å². The van der Waals surface area contributed by atoms with Gasteiger partial charge in [0.15, 0.2) is 0 Å². The van der Waals surface area contributed by atoms with Crippen molar-refractivity contribution in [1.82, 2.24) is 10.6 Å². The van der Waals surface area contributed by atoms with Gasteiger partial charge in [-0.3, -0.25) is 40.5 Å². The van der Waals surface area contributed by atoms with Gasteiger partial charge in [0.2, 0.25) is 0 Å². The van der Waals surface area contributed by atoms with Crippen LogP contribution in [0, 0.1) is 40.5 Å². The summed E-state index contributed by atoms with van der Waals surface area (Å²) >= 11 is 0. The Kier molecular flexibility index (Phi) is 13.3. The average molecular weight is 673 g/mol. The molecule has 0 spiro atoms. The zero-order chi connectivity index (χ0) is 34.6. The lowest BCUT2D eigenvalue weighted by Crippen LogP contribution is -2.58. The summed E-state index contributed by atoms with van der Waals surface area (Å²) < 4.78 is 1.54. The summed E-state index contributed by atoms with van der Waals surface area (Å²) in [6.45, 7) is 9.84. The quantitative estimate of drug-likeness (QED) is 0.0888. The molecule has 2 heterocycles. The van der Waals surface area contributed by atoms with Crippen molar-refractivity contribution in [3.05, 3.63) is 88.0 Å². The van der Waals surface area contributed by atoms with Crippen LogP contribution in [0.5, 0.6) is 0 Å². The maximum absolute atomic E-state index is 11.4. The molecule has 4 rings (SSSR count). The number of nitrogens with zero attached hydrogens (tertiary/aromatic N) is 6. The van der Waals surface area contributed by atoms with Gasteiger partial charge in [-0.15, -0.1) is 0 Å². The van der Waals surface area contributed by atoms with E-state index in [1.165, 1.54) is 24.3 Å². The van der Waals surface area contributed by atoms with E-state index in [4.69, 9.17) is 0 Å². The lowest BCUT2D eigenvalue weighted by molar-refractivity contribution is -0.942.